The standard InChI is InChI=1S/C15H28N2O/c1-10(2)6-11(3)16-15(18)9-12-7-13-4-5-14(8-12)17-13/h10-14,17H,4-9H2,1-3H3,(H,16,18). The molecule has 3 heteroatoms. The van der Waals surface area contributed by atoms with Crippen LogP contribution in [0.25, 0.3) is 0 Å². The van der Waals surface area contributed by atoms with E-state index in [2.05, 4.69) is 31.4 Å². The first-order valence-electron chi connectivity index (χ1n) is 7.58. The van der Waals surface area contributed by atoms with Gasteiger partial charge in [-0.1, -0.05) is 13.8 Å². The van der Waals surface area contributed by atoms with Crippen LogP contribution in [-0.2, 0) is 4.79 Å². The molecule has 3 atom stereocenters. The second kappa shape index (κ2) is 6.05. The van der Waals surface area contributed by atoms with Gasteiger partial charge in [-0.05, 0) is 50.9 Å². The normalized spacial score (nSPS) is 32.6. The zero-order valence-corrected chi connectivity index (χ0v) is 12.0. The third kappa shape index (κ3) is 3.98. The van der Waals surface area contributed by atoms with Gasteiger partial charge < -0.3 is 10.6 Å². The molecule has 0 radical (unpaired) electrons. The number of carbonyl (C=O) groups excluding carboxylic acids is 1. The van der Waals surface area contributed by atoms with Crippen molar-refractivity contribution >= 4 is 5.91 Å². The van der Waals surface area contributed by atoms with Crippen molar-refractivity contribution in [2.45, 2.75) is 77.4 Å². The molecule has 2 rings (SSSR count). The van der Waals surface area contributed by atoms with Crippen LogP contribution in [0.1, 0.15) is 59.3 Å². The van der Waals surface area contributed by atoms with Crippen LogP contribution in [0.3, 0.4) is 0 Å². The molecule has 0 aromatic heterocycles. The van der Waals surface area contributed by atoms with Crippen LogP contribution in [0.5, 0.6) is 0 Å². The van der Waals surface area contributed by atoms with Gasteiger partial charge in [-0.2, -0.15) is 0 Å². The van der Waals surface area contributed by atoms with Crippen LogP contribution < -0.4 is 10.6 Å². The minimum Gasteiger partial charge on any atom is -0.354 e. The molecule has 0 aromatic rings. The number of piperidine rings is 1. The first-order chi connectivity index (χ1) is 8.52. The van der Waals surface area contributed by atoms with Crippen molar-refractivity contribution in [3.05, 3.63) is 0 Å². The largest absolute Gasteiger partial charge is 0.354 e. The smallest absolute Gasteiger partial charge is 0.220 e. The maximum absolute atomic E-state index is 12.0. The Hall–Kier alpha value is -0.570. The predicted octanol–water partition coefficient (Wildman–Crippen LogP) is 2.46. The lowest BCUT2D eigenvalue weighted by Gasteiger charge is -2.29. The van der Waals surface area contributed by atoms with Crippen LogP contribution in [0.2, 0.25) is 0 Å². The summed E-state index contributed by atoms with van der Waals surface area (Å²) >= 11 is 0. The highest BCUT2D eigenvalue weighted by atomic mass is 16.1. The van der Waals surface area contributed by atoms with E-state index in [4.69, 9.17) is 0 Å². The fraction of sp³-hybridized carbons (Fsp3) is 0.933. The Labute approximate surface area is 111 Å². The van der Waals surface area contributed by atoms with Crippen LogP contribution >= 0.6 is 0 Å². The fourth-order valence-electron chi connectivity index (χ4n) is 3.70. The van der Waals surface area contributed by atoms with Gasteiger partial charge >= 0.3 is 0 Å². The summed E-state index contributed by atoms with van der Waals surface area (Å²) in [4.78, 5) is 12.0. The highest BCUT2D eigenvalue weighted by Crippen LogP contribution is 2.32. The fourth-order valence-corrected chi connectivity index (χ4v) is 3.70. The van der Waals surface area contributed by atoms with Gasteiger partial charge in [0.1, 0.15) is 0 Å². The molecule has 1 amide bonds. The molecule has 2 saturated heterocycles. The minimum atomic E-state index is 0.259. The SMILES string of the molecule is CC(C)CC(C)NC(=O)CC1CC2CCC(C1)N2. The Bertz CT molecular complexity index is 278. The third-order valence-electron chi connectivity index (χ3n) is 4.28. The lowest BCUT2D eigenvalue weighted by molar-refractivity contribution is -0.123. The molecular weight excluding hydrogens is 224 g/mol. The molecule has 2 bridgehead atoms. The summed E-state index contributed by atoms with van der Waals surface area (Å²) in [6.07, 6.45) is 6.82. The Morgan fingerprint density at radius 2 is 1.83 bits per heavy atom. The van der Waals surface area contributed by atoms with E-state index in [0.717, 1.165) is 12.8 Å². The zero-order chi connectivity index (χ0) is 13.1. The molecule has 2 N–H and O–H groups in total. The van der Waals surface area contributed by atoms with E-state index in [1.807, 2.05) is 0 Å². The lowest BCUT2D eigenvalue weighted by Crippen LogP contribution is -2.41. The molecule has 0 aromatic carbocycles. The molecule has 0 aliphatic carbocycles. The van der Waals surface area contributed by atoms with E-state index < -0.39 is 0 Å². The molecular formula is C15H28N2O. The highest BCUT2D eigenvalue weighted by molar-refractivity contribution is 5.76. The van der Waals surface area contributed by atoms with Gasteiger partial charge in [0.25, 0.3) is 0 Å². The molecule has 2 aliphatic rings. The van der Waals surface area contributed by atoms with Crippen molar-refractivity contribution in [1.82, 2.24) is 10.6 Å². The second-order valence-corrected chi connectivity index (χ2v) is 6.78. The molecule has 18 heavy (non-hydrogen) atoms. The number of hydrogen-bond donors (Lipinski definition) is 2. The highest BCUT2D eigenvalue weighted by Gasteiger charge is 2.34. The van der Waals surface area contributed by atoms with Crippen molar-refractivity contribution < 1.29 is 4.79 Å². The number of hydrogen-bond acceptors (Lipinski definition) is 2. The molecule has 2 fully saturated rings. The number of rotatable bonds is 5. The Balaban J connectivity index is 1.71. The maximum atomic E-state index is 12.0. The predicted molar refractivity (Wildman–Crippen MR) is 74.3 cm³/mol. The van der Waals surface area contributed by atoms with Gasteiger partial charge in [0, 0.05) is 24.5 Å². The summed E-state index contributed by atoms with van der Waals surface area (Å²) in [7, 11) is 0. The first kappa shape index (κ1) is 13.9. The third-order valence-corrected chi connectivity index (χ3v) is 4.28. The molecule has 104 valence electrons. The maximum Gasteiger partial charge on any atom is 0.220 e. The minimum absolute atomic E-state index is 0.259. The number of nitrogens with one attached hydrogen (secondary N) is 2. The second-order valence-electron chi connectivity index (χ2n) is 6.78. The van der Waals surface area contributed by atoms with Crippen LogP contribution in [0.15, 0.2) is 0 Å². The average Bonchev–Trinajstić information content (AvgIpc) is 2.56. The summed E-state index contributed by atoms with van der Waals surface area (Å²) in [5.74, 6) is 1.51. The average molecular weight is 252 g/mol. The van der Waals surface area contributed by atoms with Crippen molar-refractivity contribution in [1.29, 1.82) is 0 Å². The lowest BCUT2D eigenvalue weighted by atomic mass is 9.89. The van der Waals surface area contributed by atoms with Crippen molar-refractivity contribution in [3.63, 3.8) is 0 Å². The topological polar surface area (TPSA) is 41.1 Å². The molecule has 2 heterocycles. The summed E-state index contributed by atoms with van der Waals surface area (Å²) < 4.78 is 0. The Morgan fingerprint density at radius 3 is 2.39 bits per heavy atom. The van der Waals surface area contributed by atoms with Crippen molar-refractivity contribution in [3.8, 4) is 0 Å². The van der Waals surface area contributed by atoms with E-state index in [-0.39, 0.29) is 5.91 Å². The quantitative estimate of drug-likeness (QED) is 0.789. The summed E-state index contributed by atoms with van der Waals surface area (Å²) in [6, 6.07) is 1.69. The van der Waals surface area contributed by atoms with Crippen molar-refractivity contribution in [2.75, 3.05) is 0 Å². The molecule has 0 saturated carbocycles. The Kier molecular flexibility index (Phi) is 4.66. The van der Waals surface area contributed by atoms with E-state index in [0.29, 0.717) is 30.0 Å². The van der Waals surface area contributed by atoms with Gasteiger partial charge in [-0.15, -0.1) is 0 Å². The van der Waals surface area contributed by atoms with Crippen LogP contribution in [-0.4, -0.2) is 24.0 Å². The molecule has 3 unspecified atom stereocenters. The molecule has 0 spiro atoms. The number of fused-ring (bicyclic) bond motifs is 2. The number of amides is 1. The summed E-state index contributed by atoms with van der Waals surface area (Å²) in [5, 5.41) is 6.78. The van der Waals surface area contributed by atoms with E-state index >= 15 is 0 Å². The molecule has 2 aliphatic heterocycles. The monoisotopic (exact) mass is 252 g/mol. The summed E-state index contributed by atoms with van der Waals surface area (Å²) in [5.41, 5.74) is 0. The van der Waals surface area contributed by atoms with Gasteiger partial charge in [0.2, 0.25) is 5.91 Å². The van der Waals surface area contributed by atoms with Crippen LogP contribution in [0.4, 0.5) is 0 Å². The van der Waals surface area contributed by atoms with Gasteiger partial charge in [-0.3, -0.25) is 4.79 Å². The Morgan fingerprint density at radius 1 is 1.22 bits per heavy atom. The van der Waals surface area contributed by atoms with E-state index in [1.54, 1.807) is 0 Å². The number of carbonyl (C=O) groups is 1. The van der Waals surface area contributed by atoms with Crippen LogP contribution in [0, 0.1) is 11.8 Å². The summed E-state index contributed by atoms with van der Waals surface area (Å²) in [6.45, 7) is 6.52. The van der Waals surface area contributed by atoms with E-state index in [1.165, 1.54) is 25.7 Å². The van der Waals surface area contributed by atoms with E-state index in [9.17, 15) is 4.79 Å². The molecule has 3 nitrogen and oxygen atoms in total. The first-order valence-corrected chi connectivity index (χ1v) is 7.58. The van der Waals surface area contributed by atoms with Gasteiger partial charge in [0.05, 0.1) is 0 Å². The van der Waals surface area contributed by atoms with Gasteiger partial charge in [0.15, 0.2) is 0 Å². The van der Waals surface area contributed by atoms with Gasteiger partial charge in [-0.25, -0.2) is 0 Å². The van der Waals surface area contributed by atoms with Crippen molar-refractivity contribution in [2.24, 2.45) is 11.8 Å². The zero-order valence-electron chi connectivity index (χ0n) is 12.0.